The second kappa shape index (κ2) is 2.65. The van der Waals surface area contributed by atoms with Crippen LogP contribution in [0.15, 0.2) is 0 Å². The molecule has 1 aliphatic rings. The van der Waals surface area contributed by atoms with Crippen LogP contribution in [0.1, 0.15) is 6.42 Å². The van der Waals surface area contributed by atoms with Gasteiger partial charge in [-0.1, -0.05) is 0 Å². The number of hydrogen-bond acceptors (Lipinski definition) is 2. The van der Waals surface area contributed by atoms with Gasteiger partial charge in [0, 0.05) is 13.0 Å². The molecular weight excluding hydrogens is 177 g/mol. The fraction of sp³-hybridized carbons (Fsp3) is 0.600. The molecule has 1 saturated heterocycles. The summed E-state index contributed by atoms with van der Waals surface area (Å²) >= 11 is 0. The van der Waals surface area contributed by atoms with Gasteiger partial charge in [0.25, 0.3) is 0 Å². The van der Waals surface area contributed by atoms with E-state index in [0.717, 1.165) is 0 Å². The maximum atomic E-state index is 11.9. The van der Waals surface area contributed by atoms with Crippen molar-refractivity contribution in [1.29, 1.82) is 0 Å². The predicted molar refractivity (Wildman–Crippen MR) is 30.9 cm³/mol. The zero-order valence-corrected chi connectivity index (χ0v) is 5.81. The van der Waals surface area contributed by atoms with E-state index in [9.17, 15) is 22.8 Å². The summed E-state index contributed by atoms with van der Waals surface area (Å²) < 4.78 is 35.7. The lowest BCUT2D eigenvalue weighted by Crippen LogP contribution is -2.56. The molecule has 0 aromatic rings. The maximum absolute atomic E-state index is 11.9. The van der Waals surface area contributed by atoms with E-state index in [1.807, 2.05) is 5.32 Å². The SMILES string of the molecule is O=C1CCNC(=O)N1C(F)(F)F. The van der Waals surface area contributed by atoms with E-state index in [4.69, 9.17) is 0 Å². The van der Waals surface area contributed by atoms with Gasteiger partial charge >= 0.3 is 12.3 Å². The third-order valence-corrected chi connectivity index (χ3v) is 1.32. The van der Waals surface area contributed by atoms with Crippen molar-refractivity contribution in [2.75, 3.05) is 6.54 Å². The minimum absolute atomic E-state index is 0.0375. The molecule has 1 aliphatic heterocycles. The average Bonchev–Trinajstić information content (AvgIpc) is 1.82. The lowest BCUT2D eigenvalue weighted by Gasteiger charge is -2.26. The molecule has 0 atom stereocenters. The molecule has 7 heteroatoms. The maximum Gasteiger partial charge on any atom is 0.495 e. The number of urea groups is 1. The third kappa shape index (κ3) is 1.49. The number of nitrogens with zero attached hydrogens (tertiary/aromatic N) is 1. The van der Waals surface area contributed by atoms with Crippen LogP contribution in [-0.2, 0) is 4.79 Å². The first-order valence-electron chi connectivity index (χ1n) is 3.10. The monoisotopic (exact) mass is 182 g/mol. The van der Waals surface area contributed by atoms with Crippen LogP contribution in [-0.4, -0.2) is 29.7 Å². The highest BCUT2D eigenvalue weighted by Gasteiger charge is 2.47. The van der Waals surface area contributed by atoms with Gasteiger partial charge in [-0.05, 0) is 0 Å². The van der Waals surface area contributed by atoms with Gasteiger partial charge in [0.1, 0.15) is 0 Å². The number of amides is 3. The molecule has 1 N–H and O–H groups in total. The summed E-state index contributed by atoms with van der Waals surface area (Å²) in [4.78, 5) is 20.4. The van der Waals surface area contributed by atoms with Crippen molar-refractivity contribution >= 4 is 11.9 Å². The topological polar surface area (TPSA) is 49.4 Å². The molecule has 1 fully saturated rings. The van der Waals surface area contributed by atoms with E-state index in [1.54, 1.807) is 0 Å². The largest absolute Gasteiger partial charge is 0.495 e. The Bertz CT molecular complexity index is 209. The lowest BCUT2D eigenvalue weighted by atomic mass is 10.3. The highest BCUT2D eigenvalue weighted by molar-refractivity contribution is 5.97. The molecule has 0 aromatic heterocycles. The number of halogens is 3. The summed E-state index contributed by atoms with van der Waals surface area (Å²) in [6.45, 7) is -0.0375. The number of carbonyl (C=O) groups is 2. The molecule has 0 aromatic carbocycles. The molecule has 0 unspecified atom stereocenters. The first-order chi connectivity index (χ1) is 5.43. The molecule has 0 aliphatic carbocycles. The minimum atomic E-state index is -4.92. The van der Waals surface area contributed by atoms with Crippen LogP contribution in [0.25, 0.3) is 0 Å². The number of hydrogen-bond donors (Lipinski definition) is 1. The molecule has 1 heterocycles. The molecule has 68 valence electrons. The average molecular weight is 182 g/mol. The molecule has 1 rings (SSSR count). The Kier molecular flexibility index (Phi) is 1.95. The van der Waals surface area contributed by atoms with Crippen molar-refractivity contribution in [3.63, 3.8) is 0 Å². The molecule has 12 heavy (non-hydrogen) atoms. The Morgan fingerprint density at radius 2 is 1.92 bits per heavy atom. The Morgan fingerprint density at radius 3 is 2.25 bits per heavy atom. The van der Waals surface area contributed by atoms with Crippen LogP contribution in [0.5, 0.6) is 0 Å². The zero-order valence-electron chi connectivity index (χ0n) is 5.81. The summed E-state index contributed by atoms with van der Waals surface area (Å²) in [7, 11) is 0. The summed E-state index contributed by atoms with van der Waals surface area (Å²) in [6, 6.07) is -1.40. The van der Waals surface area contributed by atoms with E-state index in [1.165, 1.54) is 0 Å². The van der Waals surface area contributed by atoms with E-state index in [-0.39, 0.29) is 13.0 Å². The van der Waals surface area contributed by atoms with Gasteiger partial charge in [0.15, 0.2) is 0 Å². The van der Waals surface area contributed by atoms with Crippen LogP contribution in [0.3, 0.4) is 0 Å². The van der Waals surface area contributed by atoms with Gasteiger partial charge in [-0.15, -0.1) is 13.2 Å². The van der Waals surface area contributed by atoms with Gasteiger partial charge < -0.3 is 5.32 Å². The van der Waals surface area contributed by atoms with Crippen LogP contribution >= 0.6 is 0 Å². The van der Waals surface area contributed by atoms with Gasteiger partial charge in [0.05, 0.1) is 0 Å². The molecule has 0 bridgehead atoms. The first kappa shape index (κ1) is 8.82. The van der Waals surface area contributed by atoms with Crippen molar-refractivity contribution in [2.45, 2.75) is 12.7 Å². The van der Waals surface area contributed by atoms with Crippen molar-refractivity contribution in [3.8, 4) is 0 Å². The second-order valence-corrected chi connectivity index (χ2v) is 2.18. The third-order valence-electron chi connectivity index (χ3n) is 1.32. The second-order valence-electron chi connectivity index (χ2n) is 2.18. The fourth-order valence-electron chi connectivity index (χ4n) is 0.837. The normalized spacial score (nSPS) is 19.4. The van der Waals surface area contributed by atoms with E-state index < -0.39 is 23.1 Å². The van der Waals surface area contributed by atoms with Gasteiger partial charge in [-0.2, -0.15) is 4.90 Å². The summed E-state index contributed by atoms with van der Waals surface area (Å²) in [5.41, 5.74) is 0. The quantitative estimate of drug-likeness (QED) is 0.553. The number of rotatable bonds is 0. The fourth-order valence-corrected chi connectivity index (χ4v) is 0.837. The van der Waals surface area contributed by atoms with Crippen LogP contribution in [0.4, 0.5) is 18.0 Å². The van der Waals surface area contributed by atoms with Gasteiger partial charge in [-0.3, -0.25) is 4.79 Å². The van der Waals surface area contributed by atoms with Crippen LogP contribution < -0.4 is 5.32 Å². The van der Waals surface area contributed by atoms with Crippen molar-refractivity contribution < 1.29 is 22.8 Å². The number of imide groups is 1. The number of alkyl halides is 3. The molecular formula is C5H5F3N2O2. The summed E-state index contributed by atoms with van der Waals surface area (Å²) in [5, 5.41) is 1.92. The van der Waals surface area contributed by atoms with Crippen LogP contribution in [0.2, 0.25) is 0 Å². The van der Waals surface area contributed by atoms with E-state index in [0.29, 0.717) is 0 Å². The first-order valence-corrected chi connectivity index (χ1v) is 3.10. The van der Waals surface area contributed by atoms with E-state index >= 15 is 0 Å². The van der Waals surface area contributed by atoms with Crippen LogP contribution in [0, 0.1) is 0 Å². The summed E-state index contributed by atoms with van der Waals surface area (Å²) in [6.07, 6.45) is -5.23. The van der Waals surface area contributed by atoms with Crippen molar-refractivity contribution in [2.24, 2.45) is 0 Å². The Morgan fingerprint density at radius 1 is 1.33 bits per heavy atom. The smallest absolute Gasteiger partial charge is 0.337 e. The lowest BCUT2D eigenvalue weighted by molar-refractivity contribution is -0.224. The number of carbonyl (C=O) groups excluding carboxylic acids is 2. The molecule has 3 amide bonds. The molecule has 4 nitrogen and oxygen atoms in total. The molecule has 0 radical (unpaired) electrons. The predicted octanol–water partition coefficient (Wildman–Crippen LogP) is 0.448. The van der Waals surface area contributed by atoms with Gasteiger partial charge in [-0.25, -0.2) is 4.79 Å². The Labute approximate surface area is 65.3 Å². The Balaban J connectivity index is 2.84. The molecule has 0 saturated carbocycles. The Hall–Kier alpha value is -1.27. The van der Waals surface area contributed by atoms with Gasteiger partial charge in [0.2, 0.25) is 5.91 Å². The van der Waals surface area contributed by atoms with Crippen molar-refractivity contribution in [3.05, 3.63) is 0 Å². The molecule has 0 spiro atoms. The zero-order chi connectivity index (χ0) is 9.35. The van der Waals surface area contributed by atoms with Crippen molar-refractivity contribution in [1.82, 2.24) is 10.2 Å². The van der Waals surface area contributed by atoms with E-state index in [2.05, 4.69) is 0 Å². The highest BCUT2D eigenvalue weighted by Crippen LogP contribution is 2.23. The number of nitrogens with one attached hydrogen (secondary N) is 1. The highest BCUT2D eigenvalue weighted by atomic mass is 19.4. The summed E-state index contributed by atoms with van der Waals surface area (Å²) in [5.74, 6) is -1.22. The minimum Gasteiger partial charge on any atom is -0.337 e. The standard InChI is InChI=1S/C5H5F3N2O2/c6-5(7,8)10-3(11)1-2-9-4(10)12/h1-2H2,(H,9,12).